The molecule has 24 nitrogen and oxygen atoms in total. The number of fused-ring (bicyclic) bond motifs is 1. The van der Waals surface area contributed by atoms with Crippen molar-refractivity contribution in [3.8, 4) is 0 Å². The van der Waals surface area contributed by atoms with Crippen LogP contribution in [0.1, 0.15) is 142 Å². The van der Waals surface area contributed by atoms with Crippen LogP contribution in [0.25, 0.3) is 0 Å². The number of carbonyl (C=O) groups excluding carboxylic acids is 12. The van der Waals surface area contributed by atoms with E-state index in [9.17, 15) is 56.3 Å². The number of halogens is 5. The third kappa shape index (κ3) is 20.2. The molecule has 1 spiro atoms. The van der Waals surface area contributed by atoms with Crippen LogP contribution in [-0.2, 0) is 76.6 Å². The molecular weight excluding hydrogens is 1310 g/mol. The number of piperidine rings is 1. The Kier molecular flexibility index (Phi) is 28.2. The normalized spacial score (nSPS) is 24.9. The highest BCUT2D eigenvalue weighted by Crippen LogP contribution is 2.35. The van der Waals surface area contributed by atoms with Crippen molar-refractivity contribution in [1.82, 2.24) is 60.0 Å². The number of amides is 12. The number of aryl methyl sites for hydroxylation is 1. The van der Waals surface area contributed by atoms with Gasteiger partial charge in [-0.25, -0.2) is 4.39 Å². The predicted octanol–water partition coefficient (Wildman–Crippen LogP) is 4.91. The Morgan fingerprint density at radius 1 is 0.636 bits per heavy atom. The third-order valence-corrected chi connectivity index (χ3v) is 20.2. The summed E-state index contributed by atoms with van der Waals surface area (Å²) in [7, 11) is 9.49. The average molecular weight is 1410 g/mol. The van der Waals surface area contributed by atoms with E-state index < -0.39 is 174 Å². The van der Waals surface area contributed by atoms with Crippen molar-refractivity contribution >= 4 is 82.5 Å². The minimum Gasteiger partial charge on any atom is -0.343 e. The van der Waals surface area contributed by atoms with Crippen LogP contribution in [0.5, 0.6) is 0 Å². The molecule has 99 heavy (non-hydrogen) atoms. The maximum absolute atomic E-state index is 15.4. The fraction of sp³-hybridized carbons (Fsp3) is 0.657. The van der Waals surface area contributed by atoms with Gasteiger partial charge in [0.05, 0.1) is 31.6 Å². The number of benzene rings is 2. The lowest BCUT2D eigenvalue weighted by Crippen LogP contribution is -2.65. The van der Waals surface area contributed by atoms with Crippen LogP contribution in [0.15, 0.2) is 42.5 Å². The Morgan fingerprint density at radius 2 is 1.23 bits per heavy atom. The van der Waals surface area contributed by atoms with E-state index in [0.29, 0.717) is 67.9 Å². The van der Waals surface area contributed by atoms with Gasteiger partial charge in [-0.2, -0.15) is 13.2 Å². The Morgan fingerprint density at radius 3 is 1.82 bits per heavy atom. The first-order chi connectivity index (χ1) is 46.4. The lowest BCUT2D eigenvalue weighted by atomic mass is 9.91. The highest BCUT2D eigenvalue weighted by molar-refractivity contribution is 6.30. The molecule has 3 aliphatic heterocycles. The molecule has 4 aliphatic rings. The summed E-state index contributed by atoms with van der Waals surface area (Å²) in [6.07, 6.45) is -2.16. The molecule has 3 N–H and O–H groups in total. The van der Waals surface area contributed by atoms with Gasteiger partial charge in [0, 0.05) is 80.4 Å². The van der Waals surface area contributed by atoms with Crippen molar-refractivity contribution in [3.05, 3.63) is 70.0 Å². The minimum absolute atomic E-state index is 0.0297. The zero-order chi connectivity index (χ0) is 73.7. The predicted molar refractivity (Wildman–Crippen MR) is 361 cm³/mol. The number of alkyl halides is 3. The topological polar surface area (TPSA) is 270 Å². The Bertz CT molecular complexity index is 3270. The maximum atomic E-state index is 15.4. The number of hydrogen-bond donors (Lipinski definition) is 3. The van der Waals surface area contributed by atoms with Gasteiger partial charge in [0.2, 0.25) is 70.9 Å². The molecule has 548 valence electrons. The summed E-state index contributed by atoms with van der Waals surface area (Å²) in [5.41, 5.74) is -2.58. The molecule has 3 saturated heterocycles. The second kappa shape index (κ2) is 34.9. The third-order valence-electron chi connectivity index (χ3n) is 19.9. The Labute approximate surface area is 583 Å². The summed E-state index contributed by atoms with van der Waals surface area (Å²) in [6.45, 7) is 9.37. The fourth-order valence-corrected chi connectivity index (χ4v) is 13.8. The SMILES string of the molecule is CC[C@H](C)[C@@H]1NC(=O)[C@H](CC(C)C)N(C)C(=O)C[C@@H](C(=O)N2CCCCC2)N(C)C(=O)[C@H](C(C)C)N(C)C(=O)C2(CCCC2)NC(=O)[C@@H]2CCCN2C(=O)[C@H](CCc2ccc(C(F)(F)F)c(F)c2)NC(=O)CN(C)C(=O)[C@H](Cc2ccc(Cl)cc2)N(C)C(=O)CN(C)C(=O)CN(C)C1=O. The number of nitrogens with zero attached hydrogens (tertiary/aromatic N) is 9. The maximum Gasteiger partial charge on any atom is 0.419 e. The molecule has 2 aromatic carbocycles. The van der Waals surface area contributed by atoms with Gasteiger partial charge < -0.3 is 60.0 Å². The molecular formula is C70H101ClF4N12O12. The van der Waals surface area contributed by atoms with Gasteiger partial charge in [-0.05, 0) is 117 Å². The molecule has 4 fully saturated rings. The van der Waals surface area contributed by atoms with Gasteiger partial charge >= 0.3 is 6.18 Å². The van der Waals surface area contributed by atoms with Crippen LogP contribution in [0.2, 0.25) is 5.02 Å². The molecule has 0 aromatic heterocycles. The van der Waals surface area contributed by atoms with Gasteiger partial charge in [-0.3, -0.25) is 57.5 Å². The molecule has 12 amide bonds. The van der Waals surface area contributed by atoms with E-state index in [1.807, 2.05) is 13.8 Å². The molecule has 0 radical (unpaired) electrons. The standard InChI is InChI=1S/C70H101ClF4N12O12/c1-14-44(6)59-66(97)81(9)40-57(90)79(7)41-58(91)83(11)53(37-46-22-26-47(71)27-23-46)64(95)80(8)39-55(88)76-50(29-25-45-24-28-48(49(72)36-45)70(73,74)75)63(94)87-34-20-21-51(87)62(93)78-69(30-16-17-31-69)68(99)85(13)60(43(4)5)67(98)84(12)54(65(96)86-32-18-15-19-33-86)38-56(89)82(10)52(35-42(2)3)61(92)77-59/h22-24,26-28,36,42-44,50-54,59-60H,14-21,25,29-35,37-41H2,1-13H3,(H,76,88)(H,77,92)(H,78,93)/t44-,50-,51-,52-,53-,54-,59-,60-/m0/s1. The number of likely N-dealkylation sites (N-methyl/N-ethyl adjacent to an activating group) is 7. The summed E-state index contributed by atoms with van der Waals surface area (Å²) in [5.74, 6) is -11.5. The number of carbonyl (C=O) groups is 12. The number of nitrogens with one attached hydrogen (secondary N) is 3. The largest absolute Gasteiger partial charge is 0.419 e. The second-order valence-electron chi connectivity index (χ2n) is 28.1. The van der Waals surface area contributed by atoms with Crippen molar-refractivity contribution in [1.29, 1.82) is 0 Å². The zero-order valence-corrected chi connectivity index (χ0v) is 60.2. The van der Waals surface area contributed by atoms with Crippen molar-refractivity contribution < 1.29 is 75.1 Å². The van der Waals surface area contributed by atoms with Gasteiger partial charge in [0.15, 0.2) is 0 Å². The fourth-order valence-electron chi connectivity index (χ4n) is 13.7. The summed E-state index contributed by atoms with van der Waals surface area (Å²) >= 11 is 6.22. The zero-order valence-electron chi connectivity index (χ0n) is 59.5. The molecule has 2 aromatic rings. The second-order valence-corrected chi connectivity index (χ2v) is 28.5. The first-order valence-corrected chi connectivity index (χ1v) is 34.7. The van der Waals surface area contributed by atoms with Crippen LogP contribution in [0.3, 0.4) is 0 Å². The van der Waals surface area contributed by atoms with Crippen molar-refractivity contribution in [2.75, 3.05) is 88.6 Å². The van der Waals surface area contributed by atoms with E-state index in [1.54, 1.807) is 56.9 Å². The van der Waals surface area contributed by atoms with E-state index in [-0.39, 0.29) is 69.4 Å². The molecule has 0 unspecified atom stereocenters. The summed E-state index contributed by atoms with van der Waals surface area (Å²) < 4.78 is 56.1. The molecule has 1 aliphatic carbocycles. The van der Waals surface area contributed by atoms with E-state index in [0.717, 1.165) is 32.1 Å². The minimum atomic E-state index is -5.02. The summed E-state index contributed by atoms with van der Waals surface area (Å²) in [5, 5.41) is 8.87. The highest BCUT2D eigenvalue weighted by Gasteiger charge is 2.51. The molecule has 8 atom stereocenters. The first kappa shape index (κ1) is 80.1. The van der Waals surface area contributed by atoms with Crippen LogP contribution < -0.4 is 16.0 Å². The lowest BCUT2D eigenvalue weighted by molar-refractivity contribution is -0.156. The van der Waals surface area contributed by atoms with E-state index in [4.69, 9.17) is 11.6 Å². The van der Waals surface area contributed by atoms with Crippen molar-refractivity contribution in [2.24, 2.45) is 17.8 Å². The Hall–Kier alpha value is -7.91. The quantitative estimate of drug-likeness (QED) is 0.253. The average Bonchev–Trinajstić information content (AvgIpc) is 1.77. The smallest absolute Gasteiger partial charge is 0.343 e. The van der Waals surface area contributed by atoms with E-state index in [1.165, 1.54) is 68.9 Å². The molecule has 29 heteroatoms. The van der Waals surface area contributed by atoms with Crippen LogP contribution in [0, 0.1) is 23.6 Å². The highest BCUT2D eigenvalue weighted by atomic mass is 35.5. The summed E-state index contributed by atoms with van der Waals surface area (Å²) in [6, 6.07) is -0.674. The molecule has 6 rings (SSSR count). The van der Waals surface area contributed by atoms with Gasteiger partial charge in [0.25, 0.3) is 0 Å². The van der Waals surface area contributed by atoms with Gasteiger partial charge in [-0.1, -0.05) is 90.6 Å². The van der Waals surface area contributed by atoms with Crippen LogP contribution in [-0.4, -0.2) is 251 Å². The van der Waals surface area contributed by atoms with Crippen molar-refractivity contribution in [3.63, 3.8) is 0 Å². The van der Waals surface area contributed by atoms with Gasteiger partial charge in [0.1, 0.15) is 53.6 Å². The van der Waals surface area contributed by atoms with Gasteiger partial charge in [-0.15, -0.1) is 0 Å². The number of likely N-dealkylation sites (tertiary alicyclic amines) is 1. The van der Waals surface area contributed by atoms with E-state index >= 15 is 18.8 Å². The number of rotatable bonds is 11. The van der Waals surface area contributed by atoms with Crippen molar-refractivity contribution in [2.45, 2.75) is 192 Å². The van der Waals surface area contributed by atoms with Crippen LogP contribution in [0.4, 0.5) is 17.6 Å². The molecule has 0 bridgehead atoms. The number of hydrogen-bond acceptors (Lipinski definition) is 12. The first-order valence-electron chi connectivity index (χ1n) is 34.3. The Balaban J connectivity index is 1.43. The lowest BCUT2D eigenvalue weighted by Gasteiger charge is -2.42. The molecule has 1 saturated carbocycles. The van der Waals surface area contributed by atoms with E-state index in [2.05, 4.69) is 16.0 Å². The molecule has 3 heterocycles. The van der Waals surface area contributed by atoms with Crippen LogP contribution >= 0.6 is 11.6 Å². The monoisotopic (exact) mass is 1410 g/mol. The summed E-state index contributed by atoms with van der Waals surface area (Å²) in [4.78, 5) is 188.